The maximum Gasteiger partial charge on any atom is 0.261 e. The van der Waals surface area contributed by atoms with Crippen molar-refractivity contribution in [3.05, 3.63) is 22.4 Å². The first-order valence-corrected chi connectivity index (χ1v) is 8.87. The van der Waals surface area contributed by atoms with E-state index < -0.39 is 0 Å². The average molecular weight is 307 g/mol. The van der Waals surface area contributed by atoms with Crippen molar-refractivity contribution in [1.82, 2.24) is 15.1 Å². The number of hydrogen-bond acceptors (Lipinski definition) is 4. The summed E-state index contributed by atoms with van der Waals surface area (Å²) in [6, 6.07) is 4.86. The Hall–Kier alpha value is -0.910. The van der Waals surface area contributed by atoms with Crippen LogP contribution in [0.2, 0.25) is 0 Å². The molecule has 3 rings (SSSR count). The molecule has 116 valence electrons. The van der Waals surface area contributed by atoms with E-state index in [-0.39, 0.29) is 5.91 Å². The van der Waals surface area contributed by atoms with Gasteiger partial charge in [-0.25, -0.2) is 0 Å². The summed E-state index contributed by atoms with van der Waals surface area (Å²) in [7, 11) is 2.20. The van der Waals surface area contributed by atoms with Gasteiger partial charge in [-0.05, 0) is 63.8 Å². The van der Waals surface area contributed by atoms with Crippen LogP contribution in [-0.2, 0) is 0 Å². The number of piperidine rings is 2. The van der Waals surface area contributed by atoms with Crippen LogP contribution in [0.5, 0.6) is 0 Å². The van der Waals surface area contributed by atoms with Gasteiger partial charge in [0.05, 0.1) is 4.88 Å². The minimum Gasteiger partial charge on any atom is -0.347 e. The lowest BCUT2D eigenvalue weighted by Gasteiger charge is -2.41. The van der Waals surface area contributed by atoms with Crippen LogP contribution in [0, 0.1) is 0 Å². The molecule has 21 heavy (non-hydrogen) atoms. The predicted molar refractivity (Wildman–Crippen MR) is 86.9 cm³/mol. The molecule has 0 radical (unpaired) electrons. The lowest BCUT2D eigenvalue weighted by molar-refractivity contribution is 0.0768. The van der Waals surface area contributed by atoms with E-state index in [0.717, 1.165) is 17.8 Å². The topological polar surface area (TPSA) is 35.6 Å². The highest BCUT2D eigenvalue weighted by atomic mass is 32.1. The van der Waals surface area contributed by atoms with Crippen molar-refractivity contribution in [2.45, 2.75) is 37.8 Å². The quantitative estimate of drug-likeness (QED) is 0.928. The van der Waals surface area contributed by atoms with Gasteiger partial charge in [-0.1, -0.05) is 6.07 Å². The molecule has 0 bridgehead atoms. The Morgan fingerprint density at radius 1 is 1.29 bits per heavy atom. The number of nitrogens with zero attached hydrogens (tertiary/aromatic N) is 2. The van der Waals surface area contributed by atoms with E-state index in [9.17, 15) is 4.79 Å². The molecule has 1 amide bonds. The third kappa shape index (κ3) is 3.84. The van der Waals surface area contributed by atoms with Crippen LogP contribution >= 0.6 is 11.3 Å². The van der Waals surface area contributed by atoms with Gasteiger partial charge in [0, 0.05) is 18.6 Å². The molecule has 0 spiro atoms. The number of likely N-dealkylation sites (tertiary alicyclic amines) is 2. The molecule has 1 N–H and O–H groups in total. The molecule has 1 aromatic rings. The van der Waals surface area contributed by atoms with Gasteiger partial charge in [0.25, 0.3) is 5.91 Å². The fraction of sp³-hybridized carbons (Fsp3) is 0.688. The van der Waals surface area contributed by atoms with Crippen molar-refractivity contribution in [2.75, 3.05) is 33.2 Å². The van der Waals surface area contributed by atoms with Gasteiger partial charge >= 0.3 is 0 Å². The molecule has 2 saturated heterocycles. The molecule has 4 nitrogen and oxygen atoms in total. The Labute approximate surface area is 131 Å². The number of carbonyl (C=O) groups excluding carboxylic acids is 1. The van der Waals surface area contributed by atoms with Crippen LogP contribution in [0.25, 0.3) is 0 Å². The van der Waals surface area contributed by atoms with Crippen molar-refractivity contribution >= 4 is 17.2 Å². The summed E-state index contributed by atoms with van der Waals surface area (Å²) in [4.78, 5) is 18.0. The summed E-state index contributed by atoms with van der Waals surface area (Å²) in [5.41, 5.74) is 0. The van der Waals surface area contributed by atoms with E-state index in [1.54, 1.807) is 0 Å². The first kappa shape index (κ1) is 15.0. The Morgan fingerprint density at radius 3 is 2.81 bits per heavy atom. The molecule has 2 fully saturated rings. The number of amides is 1. The van der Waals surface area contributed by atoms with E-state index in [2.05, 4.69) is 22.2 Å². The zero-order chi connectivity index (χ0) is 14.7. The maximum atomic E-state index is 12.2. The van der Waals surface area contributed by atoms with Crippen molar-refractivity contribution in [1.29, 1.82) is 0 Å². The largest absolute Gasteiger partial charge is 0.347 e. The smallest absolute Gasteiger partial charge is 0.261 e. The third-order valence-corrected chi connectivity index (χ3v) is 5.61. The van der Waals surface area contributed by atoms with Crippen LogP contribution in [-0.4, -0.2) is 61.0 Å². The first-order valence-electron chi connectivity index (χ1n) is 7.99. The molecule has 0 saturated carbocycles. The molecule has 1 aromatic heterocycles. The number of nitrogens with one attached hydrogen (secondary N) is 1. The fourth-order valence-corrected chi connectivity index (χ4v) is 4.11. The lowest BCUT2D eigenvalue weighted by atomic mass is 9.98. The van der Waals surface area contributed by atoms with Gasteiger partial charge in [0.15, 0.2) is 0 Å². The molecule has 1 atom stereocenters. The SMILES string of the molecule is CN1CCC(N2CCCC(NC(=O)c3cccs3)C2)CC1. The van der Waals surface area contributed by atoms with Gasteiger partial charge in [-0.15, -0.1) is 11.3 Å². The molecular formula is C16H25N3OS. The van der Waals surface area contributed by atoms with Crippen LogP contribution < -0.4 is 5.32 Å². The summed E-state index contributed by atoms with van der Waals surface area (Å²) in [5, 5.41) is 5.18. The van der Waals surface area contributed by atoms with E-state index >= 15 is 0 Å². The molecule has 1 unspecified atom stereocenters. The lowest BCUT2D eigenvalue weighted by Crippen LogP contribution is -2.53. The molecular weight excluding hydrogens is 282 g/mol. The van der Waals surface area contributed by atoms with Crippen LogP contribution in [0.4, 0.5) is 0 Å². The fourth-order valence-electron chi connectivity index (χ4n) is 3.48. The molecule has 5 heteroatoms. The van der Waals surface area contributed by atoms with Crippen LogP contribution in [0.15, 0.2) is 17.5 Å². The first-order chi connectivity index (χ1) is 10.2. The number of rotatable bonds is 3. The molecule has 0 aromatic carbocycles. The second-order valence-electron chi connectivity index (χ2n) is 6.32. The minimum absolute atomic E-state index is 0.0974. The Kier molecular flexibility index (Phi) is 4.93. The monoisotopic (exact) mass is 307 g/mol. The van der Waals surface area contributed by atoms with Gasteiger partial charge in [0.2, 0.25) is 0 Å². The normalized spacial score (nSPS) is 25.9. The van der Waals surface area contributed by atoms with Crippen molar-refractivity contribution in [3.8, 4) is 0 Å². The molecule has 0 aliphatic carbocycles. The predicted octanol–water partition coefficient (Wildman–Crippen LogP) is 2.04. The van der Waals surface area contributed by atoms with Crippen LogP contribution in [0.1, 0.15) is 35.4 Å². The zero-order valence-electron chi connectivity index (χ0n) is 12.8. The summed E-state index contributed by atoms with van der Waals surface area (Å²) in [5.74, 6) is 0.0974. The highest BCUT2D eigenvalue weighted by Gasteiger charge is 2.28. The Bertz CT molecular complexity index is 454. The third-order valence-electron chi connectivity index (χ3n) is 4.74. The van der Waals surface area contributed by atoms with Crippen molar-refractivity contribution in [3.63, 3.8) is 0 Å². The standard InChI is InChI=1S/C16H25N3OS/c1-18-9-6-14(7-10-18)19-8-2-4-13(12-19)17-16(20)15-5-3-11-21-15/h3,5,11,13-14H,2,4,6-10,12H2,1H3,(H,17,20). The molecule has 3 heterocycles. The highest BCUT2D eigenvalue weighted by molar-refractivity contribution is 7.12. The van der Waals surface area contributed by atoms with E-state index in [4.69, 9.17) is 0 Å². The van der Waals surface area contributed by atoms with Gasteiger partial charge in [-0.3, -0.25) is 9.69 Å². The second kappa shape index (κ2) is 6.90. The summed E-state index contributed by atoms with van der Waals surface area (Å²) >= 11 is 1.52. The summed E-state index contributed by atoms with van der Waals surface area (Å²) < 4.78 is 0. The zero-order valence-corrected chi connectivity index (χ0v) is 13.6. The molecule has 2 aliphatic heterocycles. The van der Waals surface area contributed by atoms with E-state index in [0.29, 0.717) is 12.1 Å². The van der Waals surface area contributed by atoms with E-state index in [1.807, 2.05) is 17.5 Å². The van der Waals surface area contributed by atoms with Gasteiger partial charge < -0.3 is 10.2 Å². The minimum atomic E-state index is 0.0974. The average Bonchev–Trinajstić information content (AvgIpc) is 3.02. The second-order valence-corrected chi connectivity index (χ2v) is 7.27. The van der Waals surface area contributed by atoms with Crippen LogP contribution in [0.3, 0.4) is 0 Å². The molecule has 2 aliphatic rings. The maximum absolute atomic E-state index is 12.2. The number of hydrogen-bond donors (Lipinski definition) is 1. The Morgan fingerprint density at radius 2 is 2.10 bits per heavy atom. The van der Waals surface area contributed by atoms with Gasteiger partial charge in [-0.2, -0.15) is 0 Å². The van der Waals surface area contributed by atoms with E-state index in [1.165, 1.54) is 50.2 Å². The summed E-state index contributed by atoms with van der Waals surface area (Å²) in [6.45, 7) is 4.62. The number of carbonyl (C=O) groups is 1. The Balaban J connectivity index is 1.52. The summed E-state index contributed by atoms with van der Waals surface area (Å²) in [6.07, 6.45) is 4.84. The van der Waals surface area contributed by atoms with Crippen molar-refractivity contribution < 1.29 is 4.79 Å². The number of thiophene rings is 1. The highest BCUT2D eigenvalue weighted by Crippen LogP contribution is 2.21. The van der Waals surface area contributed by atoms with Gasteiger partial charge in [0.1, 0.15) is 0 Å². The van der Waals surface area contributed by atoms with Crippen molar-refractivity contribution in [2.24, 2.45) is 0 Å².